The zero-order valence-corrected chi connectivity index (χ0v) is 11.1. The summed E-state index contributed by atoms with van der Waals surface area (Å²) in [5.74, 6) is 1.03. The van der Waals surface area contributed by atoms with Gasteiger partial charge in [-0.3, -0.25) is 9.58 Å². The molecule has 0 aromatic carbocycles. The molecule has 0 amide bonds. The topological polar surface area (TPSA) is 34.0 Å². The molecule has 0 bridgehead atoms. The molecule has 1 heterocycles. The zero-order chi connectivity index (χ0) is 11.1. The molecule has 1 aromatic heterocycles. The van der Waals surface area contributed by atoms with E-state index in [-0.39, 0.29) is 0 Å². The lowest BCUT2D eigenvalue weighted by Crippen LogP contribution is -2.21. The third kappa shape index (κ3) is 4.75. The van der Waals surface area contributed by atoms with Crippen LogP contribution >= 0.6 is 15.9 Å². The predicted octanol–water partition coefficient (Wildman–Crippen LogP) is 1.81. The van der Waals surface area contributed by atoms with Gasteiger partial charge in [0.1, 0.15) is 12.2 Å². The highest BCUT2D eigenvalue weighted by atomic mass is 79.9. The van der Waals surface area contributed by atoms with Crippen LogP contribution in [0.15, 0.2) is 6.33 Å². The van der Waals surface area contributed by atoms with Crippen molar-refractivity contribution in [2.75, 3.05) is 18.9 Å². The number of rotatable bonds is 7. The SMILES string of the molecule is CN(CCCCCBr)Cc1ncnn1C. The second-order valence-corrected chi connectivity index (χ2v) is 4.58. The summed E-state index contributed by atoms with van der Waals surface area (Å²) in [5.41, 5.74) is 0. The second kappa shape index (κ2) is 6.95. The van der Waals surface area contributed by atoms with E-state index in [1.54, 1.807) is 6.33 Å². The molecule has 0 N–H and O–H groups in total. The van der Waals surface area contributed by atoms with E-state index in [1.165, 1.54) is 19.3 Å². The highest BCUT2D eigenvalue weighted by molar-refractivity contribution is 9.09. The van der Waals surface area contributed by atoms with E-state index in [2.05, 4.69) is 38.0 Å². The van der Waals surface area contributed by atoms with E-state index in [4.69, 9.17) is 0 Å². The molecule has 5 heteroatoms. The molecule has 0 aliphatic carbocycles. The van der Waals surface area contributed by atoms with Crippen LogP contribution in [-0.4, -0.2) is 38.6 Å². The van der Waals surface area contributed by atoms with Gasteiger partial charge in [0.05, 0.1) is 6.54 Å². The fraction of sp³-hybridized carbons (Fsp3) is 0.800. The highest BCUT2D eigenvalue weighted by Crippen LogP contribution is 2.02. The van der Waals surface area contributed by atoms with Gasteiger partial charge in [0.2, 0.25) is 0 Å². The summed E-state index contributed by atoms with van der Waals surface area (Å²) >= 11 is 3.44. The molecule has 0 saturated carbocycles. The number of hydrogen-bond donors (Lipinski definition) is 0. The molecule has 0 saturated heterocycles. The van der Waals surface area contributed by atoms with E-state index in [0.29, 0.717) is 0 Å². The van der Waals surface area contributed by atoms with Crippen molar-refractivity contribution in [1.82, 2.24) is 19.7 Å². The second-order valence-electron chi connectivity index (χ2n) is 3.79. The van der Waals surface area contributed by atoms with Crippen molar-refractivity contribution in [1.29, 1.82) is 0 Å². The number of hydrogen-bond acceptors (Lipinski definition) is 3. The first-order chi connectivity index (χ1) is 7.24. The number of aryl methyl sites for hydroxylation is 1. The van der Waals surface area contributed by atoms with E-state index in [1.807, 2.05) is 11.7 Å². The van der Waals surface area contributed by atoms with Crippen LogP contribution in [0.4, 0.5) is 0 Å². The van der Waals surface area contributed by atoms with Gasteiger partial charge in [-0.1, -0.05) is 22.4 Å². The summed E-state index contributed by atoms with van der Waals surface area (Å²) in [6.45, 7) is 2.00. The Bertz CT molecular complexity index is 274. The van der Waals surface area contributed by atoms with E-state index in [0.717, 1.165) is 24.2 Å². The Kier molecular flexibility index (Phi) is 5.86. The van der Waals surface area contributed by atoms with Gasteiger partial charge < -0.3 is 0 Å². The Morgan fingerprint density at radius 3 is 2.80 bits per heavy atom. The van der Waals surface area contributed by atoms with E-state index in [9.17, 15) is 0 Å². The number of alkyl halides is 1. The lowest BCUT2D eigenvalue weighted by molar-refractivity contribution is 0.305. The fourth-order valence-electron chi connectivity index (χ4n) is 1.44. The number of aromatic nitrogens is 3. The van der Waals surface area contributed by atoms with Crippen LogP contribution in [0.1, 0.15) is 25.1 Å². The van der Waals surface area contributed by atoms with Gasteiger partial charge in [-0.15, -0.1) is 0 Å². The van der Waals surface area contributed by atoms with Gasteiger partial charge in [-0.25, -0.2) is 4.98 Å². The monoisotopic (exact) mass is 274 g/mol. The third-order valence-corrected chi connectivity index (χ3v) is 2.95. The fourth-order valence-corrected chi connectivity index (χ4v) is 1.83. The van der Waals surface area contributed by atoms with E-state index >= 15 is 0 Å². The summed E-state index contributed by atoms with van der Waals surface area (Å²) in [5, 5.41) is 5.16. The third-order valence-electron chi connectivity index (χ3n) is 2.39. The number of halogens is 1. The molecular weight excluding hydrogens is 256 g/mol. The Morgan fingerprint density at radius 1 is 1.40 bits per heavy atom. The Hall–Kier alpha value is -0.420. The highest BCUT2D eigenvalue weighted by Gasteiger charge is 2.04. The van der Waals surface area contributed by atoms with Crippen LogP contribution in [-0.2, 0) is 13.6 Å². The zero-order valence-electron chi connectivity index (χ0n) is 9.49. The van der Waals surface area contributed by atoms with Crippen molar-refractivity contribution >= 4 is 15.9 Å². The van der Waals surface area contributed by atoms with Crippen LogP contribution in [0.3, 0.4) is 0 Å². The molecule has 86 valence electrons. The van der Waals surface area contributed by atoms with Crippen molar-refractivity contribution in [3.05, 3.63) is 12.2 Å². The first kappa shape index (κ1) is 12.6. The molecule has 4 nitrogen and oxygen atoms in total. The van der Waals surface area contributed by atoms with Crippen molar-refractivity contribution in [2.45, 2.75) is 25.8 Å². The number of unbranched alkanes of at least 4 members (excludes halogenated alkanes) is 2. The van der Waals surface area contributed by atoms with Crippen LogP contribution in [0.5, 0.6) is 0 Å². The Labute approximate surface area is 99.8 Å². The van der Waals surface area contributed by atoms with Crippen molar-refractivity contribution in [3.63, 3.8) is 0 Å². The van der Waals surface area contributed by atoms with Gasteiger partial charge in [0.15, 0.2) is 0 Å². The van der Waals surface area contributed by atoms with Crippen LogP contribution < -0.4 is 0 Å². The van der Waals surface area contributed by atoms with E-state index < -0.39 is 0 Å². The molecule has 1 aromatic rings. The molecule has 0 unspecified atom stereocenters. The maximum absolute atomic E-state index is 4.20. The quantitative estimate of drug-likeness (QED) is 0.562. The largest absolute Gasteiger partial charge is 0.299 e. The normalized spacial score (nSPS) is 11.2. The molecule has 0 fully saturated rings. The summed E-state index contributed by atoms with van der Waals surface area (Å²) < 4.78 is 1.83. The van der Waals surface area contributed by atoms with Crippen LogP contribution in [0, 0.1) is 0 Å². The first-order valence-corrected chi connectivity index (χ1v) is 6.43. The molecule has 0 aliphatic heterocycles. The maximum atomic E-state index is 4.20. The maximum Gasteiger partial charge on any atom is 0.140 e. The molecule has 15 heavy (non-hydrogen) atoms. The van der Waals surface area contributed by atoms with Gasteiger partial charge in [-0.2, -0.15) is 5.10 Å². The minimum absolute atomic E-state index is 0.880. The standard InChI is InChI=1S/C10H19BrN4/c1-14(7-5-3-4-6-11)8-10-12-9-13-15(10)2/h9H,3-8H2,1-2H3. The molecule has 0 spiro atoms. The Balaban J connectivity index is 2.18. The van der Waals surface area contributed by atoms with Crippen molar-refractivity contribution in [3.8, 4) is 0 Å². The average molecular weight is 275 g/mol. The molecule has 1 rings (SSSR count). The minimum atomic E-state index is 0.880. The summed E-state index contributed by atoms with van der Waals surface area (Å²) in [7, 11) is 4.06. The predicted molar refractivity (Wildman–Crippen MR) is 65.0 cm³/mol. The lowest BCUT2D eigenvalue weighted by Gasteiger charge is -2.15. The van der Waals surface area contributed by atoms with Crippen LogP contribution in [0.2, 0.25) is 0 Å². The molecule has 0 aliphatic rings. The minimum Gasteiger partial charge on any atom is -0.299 e. The van der Waals surface area contributed by atoms with Crippen LogP contribution in [0.25, 0.3) is 0 Å². The summed E-state index contributed by atoms with van der Waals surface area (Å²) in [6, 6.07) is 0. The summed E-state index contributed by atoms with van der Waals surface area (Å²) in [4.78, 5) is 6.49. The molecule has 0 radical (unpaired) electrons. The molecular formula is C10H19BrN4. The van der Waals surface area contributed by atoms with Gasteiger partial charge in [0, 0.05) is 12.4 Å². The smallest absolute Gasteiger partial charge is 0.140 e. The lowest BCUT2D eigenvalue weighted by atomic mass is 10.2. The molecule has 0 atom stereocenters. The van der Waals surface area contributed by atoms with Gasteiger partial charge in [0.25, 0.3) is 0 Å². The summed E-state index contributed by atoms with van der Waals surface area (Å²) in [6.07, 6.45) is 5.40. The Morgan fingerprint density at radius 2 is 2.20 bits per heavy atom. The van der Waals surface area contributed by atoms with Crippen molar-refractivity contribution < 1.29 is 0 Å². The number of nitrogens with zero attached hydrogens (tertiary/aromatic N) is 4. The van der Waals surface area contributed by atoms with Crippen molar-refractivity contribution in [2.24, 2.45) is 7.05 Å². The average Bonchev–Trinajstić information content (AvgIpc) is 2.59. The van der Waals surface area contributed by atoms with Gasteiger partial charge >= 0.3 is 0 Å². The first-order valence-electron chi connectivity index (χ1n) is 5.31. The van der Waals surface area contributed by atoms with Gasteiger partial charge in [-0.05, 0) is 26.4 Å².